The van der Waals surface area contributed by atoms with Crippen LogP contribution in [0.2, 0.25) is 0 Å². The Labute approximate surface area is 202 Å². The topological polar surface area (TPSA) is 105 Å². The molecule has 9 heteroatoms. The van der Waals surface area contributed by atoms with Crippen molar-refractivity contribution in [2.45, 2.75) is 65.1 Å². The molecule has 0 saturated heterocycles. The van der Waals surface area contributed by atoms with Crippen molar-refractivity contribution >= 4 is 23.9 Å². The molecule has 0 radical (unpaired) electrons. The van der Waals surface area contributed by atoms with Crippen LogP contribution in [0.15, 0.2) is 30.3 Å². The average molecular weight is 478 g/mol. The first-order chi connectivity index (χ1) is 15.8. The lowest BCUT2D eigenvalue weighted by atomic mass is 9.99. The summed E-state index contributed by atoms with van der Waals surface area (Å²) in [4.78, 5) is 53.5. The van der Waals surface area contributed by atoms with Gasteiger partial charge in [-0.1, -0.05) is 44.2 Å². The smallest absolute Gasteiger partial charge is 0.408 e. The van der Waals surface area contributed by atoms with Gasteiger partial charge in [0.15, 0.2) is 0 Å². The quantitative estimate of drug-likeness (QED) is 0.520. The largest absolute Gasteiger partial charge is 0.467 e. The summed E-state index contributed by atoms with van der Waals surface area (Å²) in [6, 6.07) is 7.62. The van der Waals surface area contributed by atoms with Crippen molar-refractivity contribution in [2.24, 2.45) is 5.92 Å². The number of methoxy groups -OCH3 is 1. The monoisotopic (exact) mass is 477 g/mol. The Morgan fingerprint density at radius 3 is 2.06 bits per heavy atom. The molecule has 1 N–H and O–H groups in total. The summed E-state index contributed by atoms with van der Waals surface area (Å²) in [5, 5.41) is 2.43. The lowest BCUT2D eigenvalue weighted by Gasteiger charge is -2.34. The number of ether oxygens (including phenoxy) is 2. The highest BCUT2D eigenvalue weighted by molar-refractivity contribution is 5.92. The Morgan fingerprint density at radius 2 is 1.56 bits per heavy atom. The molecule has 0 bridgehead atoms. The summed E-state index contributed by atoms with van der Waals surface area (Å²) < 4.78 is 10.1. The molecule has 0 saturated carbocycles. The third-order valence-electron chi connectivity index (χ3n) is 5.18. The number of nitrogens with one attached hydrogen (secondary N) is 1. The molecule has 0 aliphatic carbocycles. The van der Waals surface area contributed by atoms with Gasteiger partial charge in [-0.05, 0) is 38.7 Å². The van der Waals surface area contributed by atoms with E-state index in [1.165, 1.54) is 24.0 Å². The van der Waals surface area contributed by atoms with Crippen molar-refractivity contribution in [1.82, 2.24) is 15.1 Å². The molecule has 9 nitrogen and oxygen atoms in total. The third-order valence-corrected chi connectivity index (χ3v) is 5.18. The molecule has 2 atom stereocenters. The lowest BCUT2D eigenvalue weighted by Crippen LogP contribution is -2.55. The van der Waals surface area contributed by atoms with E-state index in [0.717, 1.165) is 5.56 Å². The molecule has 0 aliphatic rings. The van der Waals surface area contributed by atoms with E-state index in [-0.39, 0.29) is 18.9 Å². The van der Waals surface area contributed by atoms with Gasteiger partial charge >= 0.3 is 12.1 Å². The van der Waals surface area contributed by atoms with Crippen molar-refractivity contribution in [3.8, 4) is 0 Å². The van der Waals surface area contributed by atoms with Crippen LogP contribution in [0, 0.1) is 5.92 Å². The van der Waals surface area contributed by atoms with Gasteiger partial charge in [0.25, 0.3) is 0 Å². The Balaban J connectivity index is 3.11. The second-order valence-corrected chi connectivity index (χ2v) is 9.68. The van der Waals surface area contributed by atoms with Crippen LogP contribution >= 0.6 is 0 Å². The molecule has 1 aromatic rings. The summed E-state index contributed by atoms with van der Waals surface area (Å²) in [6.45, 7) is 8.74. The van der Waals surface area contributed by atoms with Crippen LogP contribution in [-0.4, -0.2) is 79.1 Å². The molecule has 0 aromatic heterocycles. The number of rotatable bonds is 10. The Kier molecular flexibility index (Phi) is 11.0. The van der Waals surface area contributed by atoms with E-state index in [4.69, 9.17) is 9.47 Å². The van der Waals surface area contributed by atoms with E-state index < -0.39 is 41.6 Å². The zero-order valence-electron chi connectivity index (χ0n) is 21.6. The van der Waals surface area contributed by atoms with Crippen LogP contribution in [0.5, 0.6) is 0 Å². The molecule has 1 unspecified atom stereocenters. The third kappa shape index (κ3) is 9.41. The van der Waals surface area contributed by atoms with Gasteiger partial charge in [-0.15, -0.1) is 0 Å². The summed E-state index contributed by atoms with van der Waals surface area (Å²) in [5.74, 6) is -1.23. The number of likely N-dealkylation sites (N-methyl/N-ethyl adjacent to an activating group) is 2. The van der Waals surface area contributed by atoms with E-state index in [1.54, 1.807) is 27.8 Å². The van der Waals surface area contributed by atoms with Crippen molar-refractivity contribution in [3.63, 3.8) is 0 Å². The fraction of sp³-hybridized carbons (Fsp3) is 0.600. The molecule has 190 valence electrons. The van der Waals surface area contributed by atoms with E-state index in [1.807, 2.05) is 44.2 Å². The Bertz CT molecular complexity index is 835. The molecule has 3 amide bonds. The van der Waals surface area contributed by atoms with Crippen LogP contribution in [0.4, 0.5) is 4.79 Å². The number of hydrogen-bond acceptors (Lipinski definition) is 6. The lowest BCUT2D eigenvalue weighted by molar-refractivity contribution is -0.155. The predicted molar refractivity (Wildman–Crippen MR) is 129 cm³/mol. The second kappa shape index (κ2) is 13.0. The number of alkyl carbamates (subject to hydrolysis) is 1. The zero-order chi connectivity index (χ0) is 26.1. The normalized spacial score (nSPS) is 13.0. The first kappa shape index (κ1) is 28.9. The maximum atomic E-state index is 13.6. The fourth-order valence-electron chi connectivity index (χ4n) is 3.37. The SMILES string of the molecule is COC(=O)[C@H](CC(C)C)N(C)C(=O)C(Cc1ccccc1)N(C)C(=O)CNC(=O)OC(C)(C)C. The highest BCUT2D eigenvalue weighted by atomic mass is 16.6. The number of carbonyl (C=O) groups excluding carboxylic acids is 4. The minimum absolute atomic E-state index is 0.143. The zero-order valence-corrected chi connectivity index (χ0v) is 21.6. The molecule has 0 spiro atoms. The van der Waals surface area contributed by atoms with Crippen molar-refractivity contribution in [3.05, 3.63) is 35.9 Å². The highest BCUT2D eigenvalue weighted by Gasteiger charge is 2.35. The number of esters is 1. The van der Waals surface area contributed by atoms with Crippen molar-refractivity contribution < 1.29 is 28.7 Å². The number of nitrogens with zero attached hydrogens (tertiary/aromatic N) is 2. The summed E-state index contributed by atoms with van der Waals surface area (Å²) in [5.41, 5.74) is 0.153. The van der Waals surface area contributed by atoms with Crippen molar-refractivity contribution in [2.75, 3.05) is 27.7 Å². The average Bonchev–Trinajstić information content (AvgIpc) is 2.76. The number of hydrogen-bond donors (Lipinski definition) is 1. The minimum atomic E-state index is -0.889. The molecular weight excluding hydrogens is 438 g/mol. The van der Waals surface area contributed by atoms with Gasteiger partial charge in [0.1, 0.15) is 24.2 Å². The van der Waals surface area contributed by atoms with Gasteiger partial charge < -0.3 is 24.6 Å². The minimum Gasteiger partial charge on any atom is -0.467 e. The van der Waals surface area contributed by atoms with E-state index >= 15 is 0 Å². The van der Waals surface area contributed by atoms with Gasteiger partial charge in [0.05, 0.1) is 7.11 Å². The Hall–Kier alpha value is -3.10. The van der Waals surface area contributed by atoms with Gasteiger partial charge in [0, 0.05) is 20.5 Å². The van der Waals surface area contributed by atoms with E-state index in [2.05, 4.69) is 5.32 Å². The maximum absolute atomic E-state index is 13.6. The first-order valence-corrected chi connectivity index (χ1v) is 11.4. The summed E-state index contributed by atoms with van der Waals surface area (Å²) >= 11 is 0. The number of carbonyl (C=O) groups is 4. The maximum Gasteiger partial charge on any atom is 0.408 e. The van der Waals surface area contributed by atoms with Gasteiger partial charge in [-0.2, -0.15) is 0 Å². The number of amides is 3. The van der Waals surface area contributed by atoms with Crippen molar-refractivity contribution in [1.29, 1.82) is 0 Å². The molecule has 34 heavy (non-hydrogen) atoms. The fourth-order valence-corrected chi connectivity index (χ4v) is 3.37. The highest BCUT2D eigenvalue weighted by Crippen LogP contribution is 2.17. The van der Waals surface area contributed by atoms with E-state index in [9.17, 15) is 19.2 Å². The molecule has 0 aliphatic heterocycles. The van der Waals surface area contributed by atoms with Gasteiger partial charge in [0.2, 0.25) is 11.8 Å². The number of benzene rings is 1. The predicted octanol–water partition coefficient (Wildman–Crippen LogP) is 2.63. The van der Waals surface area contributed by atoms with E-state index in [0.29, 0.717) is 6.42 Å². The first-order valence-electron chi connectivity index (χ1n) is 11.4. The Morgan fingerprint density at radius 1 is 0.971 bits per heavy atom. The van der Waals surface area contributed by atoms with Crippen LogP contribution < -0.4 is 5.32 Å². The molecule has 0 heterocycles. The summed E-state index contributed by atoms with van der Waals surface area (Å²) in [7, 11) is 4.34. The van der Waals surface area contributed by atoms with Crippen LogP contribution in [0.1, 0.15) is 46.6 Å². The second-order valence-electron chi connectivity index (χ2n) is 9.68. The van der Waals surface area contributed by atoms with Crippen LogP contribution in [0.3, 0.4) is 0 Å². The molecular formula is C25H39N3O6. The standard InChI is InChI=1S/C25H39N3O6/c1-17(2)14-20(23(31)33-8)28(7)22(30)19(15-18-12-10-9-11-13-18)27(6)21(29)16-26-24(32)34-25(3,4)5/h9-13,17,19-20H,14-16H2,1-8H3,(H,26,32)/t19?,20-/m0/s1. The molecule has 1 aromatic carbocycles. The molecule has 0 fully saturated rings. The van der Waals surface area contributed by atoms with Crippen LogP contribution in [0.25, 0.3) is 0 Å². The summed E-state index contributed by atoms with van der Waals surface area (Å²) in [6.07, 6.45) is -0.0565. The van der Waals surface area contributed by atoms with Gasteiger partial charge in [-0.3, -0.25) is 9.59 Å². The van der Waals surface area contributed by atoms with Gasteiger partial charge in [-0.25, -0.2) is 9.59 Å². The molecule has 1 rings (SSSR count). The van der Waals surface area contributed by atoms with Crippen LogP contribution in [-0.2, 0) is 30.3 Å².